The van der Waals surface area contributed by atoms with Gasteiger partial charge in [0.15, 0.2) is 0 Å². The van der Waals surface area contributed by atoms with Gasteiger partial charge in [-0.3, -0.25) is 19.8 Å². The second-order valence-electron chi connectivity index (χ2n) is 17.5. The van der Waals surface area contributed by atoms with Crippen LogP contribution in [0.2, 0.25) is 0 Å². The number of hydrogen-bond acceptors (Lipinski definition) is 11. The fourth-order valence-corrected chi connectivity index (χ4v) is 9.72. The Morgan fingerprint density at radius 3 is 2.58 bits per heavy atom. The van der Waals surface area contributed by atoms with Crippen molar-refractivity contribution in [3.63, 3.8) is 0 Å². The fraction of sp³-hybridized carbons (Fsp3) is 0.391. The highest BCUT2D eigenvalue weighted by Crippen LogP contribution is 2.45. The quantitative estimate of drug-likeness (QED) is 0.0761. The molecule has 3 aromatic carbocycles. The van der Waals surface area contributed by atoms with Gasteiger partial charge in [0.05, 0.1) is 33.2 Å². The van der Waals surface area contributed by atoms with Crippen LogP contribution in [-0.2, 0) is 20.9 Å². The molecule has 4 heterocycles. The van der Waals surface area contributed by atoms with E-state index in [2.05, 4.69) is 43.7 Å². The third-order valence-corrected chi connectivity index (χ3v) is 13.6. The van der Waals surface area contributed by atoms with E-state index in [0.29, 0.717) is 62.8 Å². The summed E-state index contributed by atoms with van der Waals surface area (Å²) in [4.78, 5) is 36.7. The van der Waals surface area contributed by atoms with Gasteiger partial charge in [0.1, 0.15) is 22.8 Å². The number of aromatic amines is 1. The number of carbonyl (C=O) groups excluding carboxylic acids is 1. The summed E-state index contributed by atoms with van der Waals surface area (Å²) in [5.41, 5.74) is 4.10. The summed E-state index contributed by atoms with van der Waals surface area (Å²) in [6.45, 7) is 10.3. The Bertz CT molecular complexity index is 2720. The lowest BCUT2D eigenvalue weighted by Gasteiger charge is -2.39. The van der Waals surface area contributed by atoms with E-state index < -0.39 is 43.2 Å². The molecule has 338 valence electrons. The smallest absolute Gasteiger partial charge is 0.416 e. The minimum absolute atomic E-state index is 0.0115. The molecule has 14 nitrogen and oxygen atoms in total. The van der Waals surface area contributed by atoms with Gasteiger partial charge in [0.25, 0.3) is 21.6 Å². The number of benzene rings is 3. The molecule has 0 radical (unpaired) electrons. The number of pyridine rings is 1. The van der Waals surface area contributed by atoms with Gasteiger partial charge in [-0.15, -0.1) is 0 Å². The van der Waals surface area contributed by atoms with Crippen LogP contribution in [0.4, 0.5) is 30.2 Å². The SMILES string of the molecule is Cc1cc(C(F)(F)F)ccc1C1=C(CN2CCN(c3ccc(C(=O)NS(=O)(=O)c4ccc(NC[C@@H]5CCCO5)c([N+](=O)[O-])c4)c(Oc4cnc5[nH]ccc5c4)c3)CC2)CCC(C)(C)C1. The first-order valence-electron chi connectivity index (χ1n) is 21.2. The number of fused-ring (bicyclic) bond motifs is 1. The zero-order chi connectivity index (χ0) is 45.4. The van der Waals surface area contributed by atoms with Gasteiger partial charge in [0.2, 0.25) is 0 Å². The van der Waals surface area contributed by atoms with Gasteiger partial charge < -0.3 is 24.7 Å². The highest BCUT2D eigenvalue weighted by molar-refractivity contribution is 7.90. The van der Waals surface area contributed by atoms with Crippen LogP contribution in [-0.4, -0.2) is 86.1 Å². The minimum atomic E-state index is -4.60. The molecule has 2 saturated heterocycles. The number of aromatic nitrogens is 2. The first-order valence-corrected chi connectivity index (χ1v) is 22.7. The maximum absolute atomic E-state index is 13.9. The molecule has 1 amide bonds. The summed E-state index contributed by atoms with van der Waals surface area (Å²) in [6.07, 6.45) is 2.96. The van der Waals surface area contributed by atoms with Crippen LogP contribution >= 0.6 is 0 Å². The van der Waals surface area contributed by atoms with Crippen LogP contribution in [0.5, 0.6) is 11.5 Å². The van der Waals surface area contributed by atoms with E-state index in [1.54, 1.807) is 37.4 Å². The van der Waals surface area contributed by atoms with Crippen LogP contribution in [0.25, 0.3) is 16.6 Å². The van der Waals surface area contributed by atoms with Crippen molar-refractivity contribution in [2.45, 2.75) is 70.1 Å². The summed E-state index contributed by atoms with van der Waals surface area (Å²) in [7, 11) is -4.60. The predicted molar refractivity (Wildman–Crippen MR) is 237 cm³/mol. The molecule has 0 bridgehead atoms. The molecule has 2 fully saturated rings. The maximum Gasteiger partial charge on any atom is 0.416 e. The molecular formula is C46H50F3N7O7S. The zero-order valence-corrected chi connectivity index (χ0v) is 36.6. The summed E-state index contributed by atoms with van der Waals surface area (Å²) in [6, 6.07) is 15.9. The number of piperazine rings is 1. The minimum Gasteiger partial charge on any atom is -0.455 e. The number of nitro groups is 1. The molecule has 8 rings (SSSR count). The summed E-state index contributed by atoms with van der Waals surface area (Å²) in [5.74, 6) is -0.639. The number of H-pyrrole nitrogens is 1. The molecule has 2 aliphatic heterocycles. The molecule has 5 aromatic rings. The van der Waals surface area contributed by atoms with Crippen LogP contribution in [0.3, 0.4) is 0 Å². The van der Waals surface area contributed by atoms with Gasteiger partial charge in [-0.25, -0.2) is 18.1 Å². The third kappa shape index (κ3) is 10.0. The molecule has 0 spiro atoms. The summed E-state index contributed by atoms with van der Waals surface area (Å²) >= 11 is 0. The van der Waals surface area contributed by atoms with E-state index in [1.165, 1.54) is 42.1 Å². The van der Waals surface area contributed by atoms with Crippen LogP contribution < -0.4 is 19.7 Å². The number of nitrogens with one attached hydrogen (secondary N) is 3. The Hall–Kier alpha value is -5.98. The number of hydrogen-bond donors (Lipinski definition) is 3. The Balaban J connectivity index is 1.01. The van der Waals surface area contributed by atoms with E-state index in [9.17, 15) is 36.5 Å². The monoisotopic (exact) mass is 901 g/mol. The van der Waals surface area contributed by atoms with Crippen LogP contribution in [0, 0.1) is 22.5 Å². The number of allylic oxidation sites excluding steroid dienone is 1. The summed E-state index contributed by atoms with van der Waals surface area (Å²) in [5, 5.41) is 15.8. The first kappa shape index (κ1) is 44.6. The van der Waals surface area contributed by atoms with E-state index in [0.717, 1.165) is 60.4 Å². The predicted octanol–water partition coefficient (Wildman–Crippen LogP) is 9.09. The van der Waals surface area contributed by atoms with Gasteiger partial charge >= 0.3 is 6.18 Å². The Labute approximate surface area is 369 Å². The maximum atomic E-state index is 13.9. The van der Waals surface area contributed by atoms with Gasteiger partial charge in [0, 0.05) is 75.3 Å². The molecule has 1 aliphatic carbocycles. The van der Waals surface area contributed by atoms with E-state index in [4.69, 9.17) is 9.47 Å². The number of ether oxygens (including phenoxy) is 2. The van der Waals surface area contributed by atoms with Crippen molar-refractivity contribution in [3.8, 4) is 11.5 Å². The van der Waals surface area contributed by atoms with E-state index in [1.807, 2.05) is 6.07 Å². The third-order valence-electron chi connectivity index (χ3n) is 12.3. The Morgan fingerprint density at radius 2 is 1.86 bits per heavy atom. The fourth-order valence-electron chi connectivity index (χ4n) is 8.73. The van der Waals surface area contributed by atoms with E-state index >= 15 is 0 Å². The van der Waals surface area contributed by atoms with Crippen molar-refractivity contribution >= 4 is 49.6 Å². The number of nitro benzene ring substituents is 1. The lowest BCUT2D eigenvalue weighted by atomic mass is 9.72. The molecule has 0 saturated carbocycles. The second-order valence-corrected chi connectivity index (χ2v) is 19.2. The molecule has 2 aromatic heterocycles. The number of sulfonamides is 1. The average molecular weight is 902 g/mol. The molecule has 18 heteroatoms. The lowest BCUT2D eigenvalue weighted by Crippen LogP contribution is -2.47. The van der Waals surface area contributed by atoms with Crippen molar-refractivity contribution in [1.29, 1.82) is 0 Å². The van der Waals surface area contributed by atoms with Crippen LogP contribution in [0.15, 0.2) is 89.6 Å². The largest absolute Gasteiger partial charge is 0.455 e. The van der Waals surface area contributed by atoms with Gasteiger partial charge in [-0.1, -0.05) is 25.5 Å². The molecule has 3 aliphatic rings. The number of carbonyl (C=O) groups is 1. The standard InChI is InChI=1S/C46H50F3N7O7S/c1-29-21-32(46(47,48)49)6-9-37(29)39-25-45(2,3)14-12-31(39)28-54-16-18-55(19-17-54)33-7-10-38(42(23-33)63-35-22-30-13-15-50-43(30)52-27-35)44(57)53-64(60,61)36-8-11-40(41(24-36)56(58)59)51-26-34-5-4-20-62-34/h6-11,13,15,21-24,27,34,51H,4-5,12,14,16-20,25-26,28H2,1-3H3,(H,50,52)(H,53,57)/t34-/m0/s1. The molecule has 0 unspecified atom stereocenters. The Morgan fingerprint density at radius 1 is 1.06 bits per heavy atom. The summed E-state index contributed by atoms with van der Waals surface area (Å²) < 4.78 is 81.8. The van der Waals surface area contributed by atoms with Gasteiger partial charge in [-0.05, 0) is 110 Å². The number of halogens is 3. The lowest BCUT2D eigenvalue weighted by molar-refractivity contribution is -0.384. The molecule has 3 N–H and O–H groups in total. The average Bonchev–Trinajstić information content (AvgIpc) is 3.96. The normalized spacial score (nSPS) is 18.3. The number of anilines is 2. The second kappa shape index (κ2) is 17.9. The van der Waals surface area contributed by atoms with Crippen molar-refractivity contribution in [2.75, 3.05) is 56.1 Å². The van der Waals surface area contributed by atoms with Gasteiger partial charge in [-0.2, -0.15) is 13.2 Å². The van der Waals surface area contributed by atoms with E-state index in [-0.39, 0.29) is 28.5 Å². The number of nitrogens with zero attached hydrogens (tertiary/aromatic N) is 4. The Kier molecular flexibility index (Phi) is 12.5. The highest BCUT2D eigenvalue weighted by Gasteiger charge is 2.34. The molecule has 1 atom stereocenters. The van der Waals surface area contributed by atoms with Crippen molar-refractivity contribution in [3.05, 3.63) is 117 Å². The number of aryl methyl sites for hydroxylation is 1. The van der Waals surface area contributed by atoms with Crippen molar-refractivity contribution < 1.29 is 40.8 Å². The number of rotatable bonds is 13. The number of alkyl halides is 3. The highest BCUT2D eigenvalue weighted by atomic mass is 32.2. The zero-order valence-electron chi connectivity index (χ0n) is 35.8. The molecular weight excluding hydrogens is 852 g/mol. The van der Waals surface area contributed by atoms with Crippen LogP contribution in [0.1, 0.15) is 73.0 Å². The first-order chi connectivity index (χ1) is 30.4. The topological polar surface area (TPSA) is 172 Å². The molecule has 64 heavy (non-hydrogen) atoms. The number of amides is 1. The van der Waals surface area contributed by atoms with Crippen molar-refractivity contribution in [1.82, 2.24) is 19.6 Å². The van der Waals surface area contributed by atoms with Crippen molar-refractivity contribution in [2.24, 2.45) is 5.41 Å².